The number of methoxy groups -OCH3 is 1. The van der Waals surface area contributed by atoms with E-state index >= 15 is 0 Å². The summed E-state index contributed by atoms with van der Waals surface area (Å²) >= 11 is 1.45. The van der Waals surface area contributed by atoms with E-state index in [1.165, 1.54) is 11.3 Å². The highest BCUT2D eigenvalue weighted by molar-refractivity contribution is 7.19. The molecule has 0 bridgehead atoms. The molecular formula is C20H17N7OS. The topological polar surface area (TPSA) is 83.0 Å². The number of aromatic nitrogens is 7. The minimum atomic E-state index is 0.665. The number of benzene rings is 2. The maximum atomic E-state index is 5.45. The van der Waals surface area contributed by atoms with E-state index in [1.54, 1.807) is 16.3 Å². The van der Waals surface area contributed by atoms with E-state index in [0.29, 0.717) is 6.42 Å². The normalized spacial score (nSPS) is 11.2. The third kappa shape index (κ3) is 3.05. The summed E-state index contributed by atoms with van der Waals surface area (Å²) in [6, 6.07) is 17.9. The van der Waals surface area contributed by atoms with Crippen LogP contribution in [0.25, 0.3) is 21.3 Å². The van der Waals surface area contributed by atoms with Crippen LogP contribution in [0, 0.1) is 6.92 Å². The van der Waals surface area contributed by atoms with E-state index < -0.39 is 0 Å². The van der Waals surface area contributed by atoms with Gasteiger partial charge < -0.3 is 4.74 Å². The standard InChI is InChI=1S/C20H17N7OS/c1-13-18(22-25-26(13)15-10-6-7-11-16(15)28-2)19-24-27-17(21-23-20(27)29-19)12-14-8-4-3-5-9-14/h3-11H,12H2,1-2H3. The van der Waals surface area contributed by atoms with Crippen LogP contribution in [0.15, 0.2) is 54.6 Å². The molecule has 2 aromatic carbocycles. The molecule has 3 heterocycles. The second-order valence-electron chi connectivity index (χ2n) is 6.49. The molecule has 144 valence electrons. The van der Waals surface area contributed by atoms with E-state index in [1.807, 2.05) is 49.4 Å². The van der Waals surface area contributed by atoms with Crippen molar-refractivity contribution in [2.24, 2.45) is 0 Å². The van der Waals surface area contributed by atoms with Crippen molar-refractivity contribution in [3.8, 4) is 22.1 Å². The Kier molecular flexibility index (Phi) is 4.28. The second-order valence-corrected chi connectivity index (χ2v) is 7.44. The molecule has 0 saturated heterocycles. The van der Waals surface area contributed by atoms with Crippen molar-refractivity contribution in [3.05, 3.63) is 71.7 Å². The van der Waals surface area contributed by atoms with Gasteiger partial charge in [0.05, 0.1) is 12.8 Å². The van der Waals surface area contributed by atoms with Crippen molar-refractivity contribution < 1.29 is 4.74 Å². The Morgan fingerprint density at radius 3 is 2.59 bits per heavy atom. The van der Waals surface area contributed by atoms with Crippen molar-refractivity contribution in [2.45, 2.75) is 13.3 Å². The molecule has 3 aromatic heterocycles. The van der Waals surface area contributed by atoms with Gasteiger partial charge in [0.2, 0.25) is 4.96 Å². The molecule has 0 aliphatic heterocycles. The van der Waals surface area contributed by atoms with Crippen molar-refractivity contribution in [1.82, 2.24) is 34.8 Å². The minimum Gasteiger partial charge on any atom is -0.494 e. The third-order valence-corrected chi connectivity index (χ3v) is 5.58. The summed E-state index contributed by atoms with van der Waals surface area (Å²) in [4.78, 5) is 0.733. The largest absolute Gasteiger partial charge is 0.494 e. The molecule has 0 amide bonds. The van der Waals surface area contributed by atoms with E-state index in [0.717, 1.165) is 44.2 Å². The molecule has 0 spiro atoms. The lowest BCUT2D eigenvalue weighted by Gasteiger charge is -2.08. The van der Waals surface area contributed by atoms with Gasteiger partial charge in [0, 0.05) is 6.42 Å². The molecule has 0 fully saturated rings. The number of para-hydroxylation sites is 2. The molecule has 0 unspecified atom stereocenters. The first-order chi connectivity index (χ1) is 14.2. The summed E-state index contributed by atoms with van der Waals surface area (Å²) in [5, 5.41) is 22.7. The van der Waals surface area contributed by atoms with Gasteiger partial charge in [-0.3, -0.25) is 0 Å². The molecule has 9 heteroatoms. The number of hydrogen-bond donors (Lipinski definition) is 0. The molecule has 0 saturated carbocycles. The van der Waals surface area contributed by atoms with Crippen LogP contribution in [0.3, 0.4) is 0 Å². The van der Waals surface area contributed by atoms with Gasteiger partial charge in [-0.25, -0.2) is 4.68 Å². The van der Waals surface area contributed by atoms with Gasteiger partial charge in [0.1, 0.15) is 17.1 Å². The lowest BCUT2D eigenvalue weighted by molar-refractivity contribution is 0.411. The first-order valence-electron chi connectivity index (χ1n) is 9.05. The molecule has 0 atom stereocenters. The first-order valence-corrected chi connectivity index (χ1v) is 9.87. The Morgan fingerprint density at radius 1 is 0.966 bits per heavy atom. The average Bonchev–Trinajstić information content (AvgIpc) is 3.44. The fraction of sp³-hybridized carbons (Fsp3) is 0.150. The van der Waals surface area contributed by atoms with E-state index in [9.17, 15) is 0 Å². The summed E-state index contributed by atoms with van der Waals surface area (Å²) in [7, 11) is 1.64. The molecule has 29 heavy (non-hydrogen) atoms. The van der Waals surface area contributed by atoms with Crippen LogP contribution in [0.4, 0.5) is 0 Å². The van der Waals surface area contributed by atoms with Gasteiger partial charge in [0.15, 0.2) is 10.8 Å². The quantitative estimate of drug-likeness (QED) is 0.448. The van der Waals surface area contributed by atoms with E-state index in [-0.39, 0.29) is 0 Å². The Bertz CT molecular complexity index is 1290. The predicted molar refractivity (Wildman–Crippen MR) is 110 cm³/mol. The van der Waals surface area contributed by atoms with Crippen molar-refractivity contribution in [1.29, 1.82) is 0 Å². The summed E-state index contributed by atoms with van der Waals surface area (Å²) in [5.41, 5.74) is 3.59. The molecule has 0 radical (unpaired) electrons. The molecule has 0 aliphatic carbocycles. The van der Waals surface area contributed by atoms with Crippen LogP contribution < -0.4 is 4.74 Å². The summed E-state index contributed by atoms with van der Waals surface area (Å²) < 4.78 is 9.01. The van der Waals surface area contributed by atoms with Gasteiger partial charge in [-0.05, 0) is 24.6 Å². The number of hydrogen-bond acceptors (Lipinski definition) is 7. The van der Waals surface area contributed by atoms with Crippen LogP contribution in [-0.4, -0.2) is 41.9 Å². The Hall–Kier alpha value is -3.59. The van der Waals surface area contributed by atoms with Crippen LogP contribution in [0.1, 0.15) is 17.1 Å². The van der Waals surface area contributed by atoms with Gasteiger partial charge >= 0.3 is 0 Å². The van der Waals surface area contributed by atoms with Crippen LogP contribution in [0.2, 0.25) is 0 Å². The van der Waals surface area contributed by atoms with Crippen molar-refractivity contribution in [2.75, 3.05) is 7.11 Å². The van der Waals surface area contributed by atoms with Crippen LogP contribution in [0.5, 0.6) is 5.75 Å². The van der Waals surface area contributed by atoms with Crippen molar-refractivity contribution in [3.63, 3.8) is 0 Å². The fourth-order valence-electron chi connectivity index (χ4n) is 3.20. The highest BCUT2D eigenvalue weighted by Gasteiger charge is 2.20. The van der Waals surface area contributed by atoms with E-state index in [2.05, 4.69) is 32.6 Å². The fourth-order valence-corrected chi connectivity index (χ4v) is 4.10. The highest BCUT2D eigenvalue weighted by Crippen LogP contribution is 2.30. The molecule has 5 aromatic rings. The van der Waals surface area contributed by atoms with Gasteiger partial charge in [-0.1, -0.05) is 59.0 Å². The molecule has 0 N–H and O–H groups in total. The number of ether oxygens (including phenoxy) is 1. The smallest absolute Gasteiger partial charge is 0.235 e. The van der Waals surface area contributed by atoms with Gasteiger partial charge in [0.25, 0.3) is 0 Å². The number of fused-ring (bicyclic) bond motifs is 1. The van der Waals surface area contributed by atoms with Crippen molar-refractivity contribution >= 4 is 16.3 Å². The zero-order valence-corrected chi connectivity index (χ0v) is 16.7. The molecule has 8 nitrogen and oxygen atoms in total. The maximum Gasteiger partial charge on any atom is 0.235 e. The Morgan fingerprint density at radius 2 is 1.76 bits per heavy atom. The minimum absolute atomic E-state index is 0.665. The lowest BCUT2D eigenvalue weighted by atomic mass is 10.1. The second kappa shape index (κ2) is 7.10. The predicted octanol–water partition coefficient (Wildman–Crippen LogP) is 3.34. The Balaban J connectivity index is 1.53. The zero-order valence-electron chi connectivity index (χ0n) is 15.9. The Labute approximate surface area is 170 Å². The lowest BCUT2D eigenvalue weighted by Crippen LogP contribution is -2.02. The number of nitrogens with zero attached hydrogens (tertiary/aromatic N) is 7. The van der Waals surface area contributed by atoms with Gasteiger partial charge in [-0.2, -0.15) is 9.61 Å². The molecule has 0 aliphatic rings. The summed E-state index contributed by atoms with van der Waals surface area (Å²) in [6.07, 6.45) is 0.665. The van der Waals surface area contributed by atoms with Gasteiger partial charge in [-0.15, -0.1) is 15.3 Å². The maximum absolute atomic E-state index is 5.45. The summed E-state index contributed by atoms with van der Waals surface area (Å²) in [5.74, 6) is 1.53. The molecular weight excluding hydrogens is 386 g/mol. The monoisotopic (exact) mass is 403 g/mol. The first kappa shape index (κ1) is 17.5. The zero-order chi connectivity index (χ0) is 19.8. The third-order valence-electron chi connectivity index (χ3n) is 4.67. The summed E-state index contributed by atoms with van der Waals surface area (Å²) in [6.45, 7) is 1.97. The van der Waals surface area contributed by atoms with Crippen LogP contribution >= 0.6 is 11.3 Å². The average molecular weight is 403 g/mol. The van der Waals surface area contributed by atoms with E-state index in [4.69, 9.17) is 9.84 Å². The highest BCUT2D eigenvalue weighted by atomic mass is 32.1. The number of rotatable bonds is 5. The molecule has 5 rings (SSSR count). The van der Waals surface area contributed by atoms with Crippen LogP contribution in [-0.2, 0) is 6.42 Å². The SMILES string of the molecule is COc1ccccc1-n1nnc(-c2nn3c(Cc4ccccc4)nnc3s2)c1C.